The van der Waals surface area contributed by atoms with Gasteiger partial charge >= 0.3 is 5.97 Å². The third-order valence-electron chi connectivity index (χ3n) is 3.86. The van der Waals surface area contributed by atoms with E-state index in [1.54, 1.807) is 0 Å². The first-order chi connectivity index (χ1) is 16.3. The van der Waals surface area contributed by atoms with E-state index < -0.39 is 0 Å². The molecule has 0 aromatic heterocycles. The van der Waals surface area contributed by atoms with Gasteiger partial charge in [0.1, 0.15) is 0 Å². The average molecular weight is 485 g/mol. The molecule has 0 rings (SSSR count). The molecule has 0 amide bonds. The molecule has 0 saturated carbocycles. The molecule has 11 heteroatoms. The molecule has 0 aliphatic rings. The lowest BCUT2D eigenvalue weighted by Gasteiger charge is -2.08. The van der Waals surface area contributed by atoms with Crippen LogP contribution in [0.5, 0.6) is 0 Å². The van der Waals surface area contributed by atoms with Gasteiger partial charge in [0.25, 0.3) is 0 Å². The topological polar surface area (TPSA) is 109 Å². The molecule has 0 aromatic carbocycles. The van der Waals surface area contributed by atoms with E-state index in [2.05, 4.69) is 4.74 Å². The van der Waals surface area contributed by atoms with Crippen LogP contribution >= 0.6 is 0 Å². The molecule has 0 atom stereocenters. The summed E-state index contributed by atoms with van der Waals surface area (Å²) in [6, 6.07) is 0. The zero-order valence-electron chi connectivity index (χ0n) is 20.4. The molecule has 198 valence electrons. The number of ether oxygens (including phenoxy) is 10. The van der Waals surface area contributed by atoms with E-state index >= 15 is 0 Å². The number of hydrogen-bond acceptors (Lipinski definition) is 11. The minimum absolute atomic E-state index is 0.251. The number of methoxy groups -OCH3 is 1. The molecule has 0 aliphatic carbocycles. The molecule has 0 spiro atoms. The standard InChI is InChI=1S/C22H44O11/c1-3-25-6-7-27-10-11-29-14-15-31-18-19-33-21-20-32-17-16-30-13-12-28-9-8-26-5-4-22(23)24-2/h3-21H2,1-2H3. The van der Waals surface area contributed by atoms with Gasteiger partial charge < -0.3 is 47.4 Å². The van der Waals surface area contributed by atoms with Crippen LogP contribution in [0.15, 0.2) is 0 Å². The van der Waals surface area contributed by atoms with Crippen molar-refractivity contribution in [3.05, 3.63) is 0 Å². The molecule has 0 aromatic rings. The number of carbonyl (C=O) groups is 1. The highest BCUT2D eigenvalue weighted by molar-refractivity contribution is 5.69. The Morgan fingerprint density at radius 2 is 0.667 bits per heavy atom. The van der Waals surface area contributed by atoms with Gasteiger partial charge in [-0.2, -0.15) is 0 Å². The number of rotatable bonds is 28. The van der Waals surface area contributed by atoms with E-state index in [0.29, 0.717) is 119 Å². The van der Waals surface area contributed by atoms with Crippen LogP contribution in [0.4, 0.5) is 0 Å². The van der Waals surface area contributed by atoms with Crippen molar-refractivity contribution < 1.29 is 52.2 Å². The van der Waals surface area contributed by atoms with E-state index in [9.17, 15) is 4.79 Å². The molecule has 0 unspecified atom stereocenters. The molecule has 0 aliphatic heterocycles. The fourth-order valence-corrected chi connectivity index (χ4v) is 2.16. The first-order valence-corrected chi connectivity index (χ1v) is 11.6. The number of hydrogen-bond donors (Lipinski definition) is 0. The zero-order valence-corrected chi connectivity index (χ0v) is 20.4. The first kappa shape index (κ1) is 32.1. The lowest BCUT2D eigenvalue weighted by molar-refractivity contribution is -0.141. The molecular formula is C22H44O11. The number of carbonyl (C=O) groups excluding carboxylic acids is 1. The van der Waals surface area contributed by atoms with E-state index in [1.165, 1.54) is 7.11 Å². The summed E-state index contributed by atoms with van der Waals surface area (Å²) in [5, 5.41) is 0. The minimum atomic E-state index is -0.281. The Morgan fingerprint density at radius 3 is 0.909 bits per heavy atom. The van der Waals surface area contributed by atoms with Crippen LogP contribution in [-0.4, -0.2) is 132 Å². The van der Waals surface area contributed by atoms with Crippen LogP contribution in [0, 0.1) is 0 Å². The Balaban J connectivity index is 3.02. The maximum atomic E-state index is 10.9. The maximum Gasteiger partial charge on any atom is 0.307 e. The monoisotopic (exact) mass is 484 g/mol. The van der Waals surface area contributed by atoms with Gasteiger partial charge in [0.2, 0.25) is 0 Å². The summed E-state index contributed by atoms with van der Waals surface area (Å²) < 4.78 is 52.7. The van der Waals surface area contributed by atoms with Crippen molar-refractivity contribution in [3.8, 4) is 0 Å². The van der Waals surface area contributed by atoms with Gasteiger partial charge in [0, 0.05) is 6.61 Å². The summed E-state index contributed by atoms with van der Waals surface area (Å²) in [4.78, 5) is 10.9. The van der Waals surface area contributed by atoms with Crippen molar-refractivity contribution in [2.24, 2.45) is 0 Å². The molecule has 0 N–H and O–H groups in total. The Bertz CT molecular complexity index is 385. The van der Waals surface area contributed by atoms with Crippen molar-refractivity contribution >= 4 is 5.97 Å². The fraction of sp³-hybridized carbons (Fsp3) is 0.955. The third kappa shape index (κ3) is 29.1. The van der Waals surface area contributed by atoms with Crippen LogP contribution < -0.4 is 0 Å². The summed E-state index contributed by atoms with van der Waals surface area (Å²) in [6.45, 7) is 11.3. The largest absolute Gasteiger partial charge is 0.469 e. The van der Waals surface area contributed by atoms with Gasteiger partial charge in [-0.15, -0.1) is 0 Å². The van der Waals surface area contributed by atoms with E-state index in [4.69, 9.17) is 42.6 Å². The predicted molar refractivity (Wildman–Crippen MR) is 120 cm³/mol. The maximum absolute atomic E-state index is 10.9. The highest BCUT2D eigenvalue weighted by Gasteiger charge is 1.99. The molecule has 33 heavy (non-hydrogen) atoms. The van der Waals surface area contributed by atoms with Gasteiger partial charge in [-0.1, -0.05) is 0 Å². The van der Waals surface area contributed by atoms with Crippen LogP contribution in [0.25, 0.3) is 0 Å². The van der Waals surface area contributed by atoms with Gasteiger partial charge in [0.15, 0.2) is 0 Å². The van der Waals surface area contributed by atoms with Gasteiger partial charge in [-0.3, -0.25) is 4.79 Å². The van der Waals surface area contributed by atoms with E-state index in [1.807, 2.05) is 6.92 Å². The minimum Gasteiger partial charge on any atom is -0.469 e. The van der Waals surface area contributed by atoms with Crippen molar-refractivity contribution in [2.75, 3.05) is 126 Å². The summed E-state index contributed by atoms with van der Waals surface area (Å²) in [6.07, 6.45) is 0.251. The Labute approximate surface area is 198 Å². The van der Waals surface area contributed by atoms with Crippen LogP contribution in [0.3, 0.4) is 0 Å². The molecule has 0 heterocycles. The second kappa shape index (κ2) is 29.1. The highest BCUT2D eigenvalue weighted by atomic mass is 16.6. The zero-order chi connectivity index (χ0) is 24.1. The molecular weight excluding hydrogens is 440 g/mol. The molecule has 0 bridgehead atoms. The van der Waals surface area contributed by atoms with Crippen molar-refractivity contribution in [1.29, 1.82) is 0 Å². The molecule has 0 saturated heterocycles. The van der Waals surface area contributed by atoms with Crippen LogP contribution in [0.2, 0.25) is 0 Å². The second-order valence-electron chi connectivity index (χ2n) is 6.42. The van der Waals surface area contributed by atoms with Crippen LogP contribution in [-0.2, 0) is 52.2 Å². The molecule has 0 radical (unpaired) electrons. The van der Waals surface area contributed by atoms with Crippen LogP contribution in [0.1, 0.15) is 13.3 Å². The smallest absolute Gasteiger partial charge is 0.307 e. The second-order valence-corrected chi connectivity index (χ2v) is 6.42. The van der Waals surface area contributed by atoms with Crippen molar-refractivity contribution in [1.82, 2.24) is 0 Å². The Kier molecular flexibility index (Phi) is 28.4. The lowest BCUT2D eigenvalue weighted by atomic mass is 10.5. The van der Waals surface area contributed by atoms with E-state index in [-0.39, 0.29) is 12.4 Å². The highest BCUT2D eigenvalue weighted by Crippen LogP contribution is 1.88. The molecule has 11 nitrogen and oxygen atoms in total. The Morgan fingerprint density at radius 1 is 0.424 bits per heavy atom. The van der Waals surface area contributed by atoms with Crippen molar-refractivity contribution in [2.45, 2.75) is 13.3 Å². The summed E-state index contributed by atoms with van der Waals surface area (Å²) >= 11 is 0. The SMILES string of the molecule is CCOCCOCCOCCOCCOCCOCCOCCOCCOCCC(=O)OC. The first-order valence-electron chi connectivity index (χ1n) is 11.6. The Hall–Kier alpha value is -0.890. The third-order valence-corrected chi connectivity index (χ3v) is 3.86. The van der Waals surface area contributed by atoms with Gasteiger partial charge in [-0.25, -0.2) is 0 Å². The quantitative estimate of drug-likeness (QED) is 0.116. The molecule has 0 fully saturated rings. The fourth-order valence-electron chi connectivity index (χ4n) is 2.16. The summed E-state index contributed by atoms with van der Waals surface area (Å²) in [5.74, 6) is -0.281. The normalized spacial score (nSPS) is 11.2. The van der Waals surface area contributed by atoms with E-state index in [0.717, 1.165) is 0 Å². The van der Waals surface area contributed by atoms with Gasteiger partial charge in [0.05, 0.1) is 126 Å². The summed E-state index contributed by atoms with van der Waals surface area (Å²) in [7, 11) is 1.35. The van der Waals surface area contributed by atoms with Gasteiger partial charge in [-0.05, 0) is 6.92 Å². The predicted octanol–water partition coefficient (Wildman–Crippen LogP) is 0.719. The van der Waals surface area contributed by atoms with Crippen molar-refractivity contribution in [3.63, 3.8) is 0 Å². The summed E-state index contributed by atoms with van der Waals surface area (Å²) in [5.41, 5.74) is 0. The average Bonchev–Trinajstić information content (AvgIpc) is 2.83. The number of esters is 1. The lowest BCUT2D eigenvalue weighted by Crippen LogP contribution is -2.15.